The maximum Gasteiger partial charge on any atom is 0.262 e. The molecule has 0 saturated heterocycles. The molecule has 0 unspecified atom stereocenters. The molecule has 2 aromatic rings. The average Bonchev–Trinajstić information content (AvgIpc) is 2.48. The number of anilines is 1. The highest BCUT2D eigenvalue weighted by Crippen LogP contribution is 2.26. The number of ether oxygens (including phenoxy) is 1. The Bertz CT molecular complexity index is 756. The Kier molecular flexibility index (Phi) is 5.42. The second-order valence-electron chi connectivity index (χ2n) is 4.58. The van der Waals surface area contributed by atoms with Gasteiger partial charge >= 0.3 is 0 Å². The molecule has 112 valence electrons. The first-order valence-electron chi connectivity index (χ1n) is 6.38. The van der Waals surface area contributed by atoms with Crippen LogP contribution in [0.15, 0.2) is 40.9 Å². The fourth-order valence-corrected chi connectivity index (χ4v) is 2.57. The van der Waals surface area contributed by atoms with E-state index in [-0.39, 0.29) is 12.5 Å². The summed E-state index contributed by atoms with van der Waals surface area (Å²) in [7, 11) is 0. The largest absolute Gasteiger partial charge is 0.482 e. The second kappa shape index (κ2) is 7.30. The molecule has 1 amide bonds. The molecule has 0 aliphatic carbocycles. The molecule has 0 heterocycles. The van der Waals surface area contributed by atoms with Crippen LogP contribution in [0.5, 0.6) is 5.75 Å². The van der Waals surface area contributed by atoms with Gasteiger partial charge in [-0.2, -0.15) is 5.26 Å². The van der Waals surface area contributed by atoms with Crippen molar-refractivity contribution in [1.82, 2.24) is 0 Å². The van der Waals surface area contributed by atoms with Crippen molar-refractivity contribution in [1.29, 1.82) is 5.26 Å². The number of halogens is 2. The van der Waals surface area contributed by atoms with E-state index in [4.69, 9.17) is 21.6 Å². The van der Waals surface area contributed by atoms with Crippen molar-refractivity contribution < 1.29 is 9.53 Å². The number of hydrogen-bond donors (Lipinski definition) is 1. The summed E-state index contributed by atoms with van der Waals surface area (Å²) in [6.45, 7) is 1.79. The van der Waals surface area contributed by atoms with Crippen LogP contribution < -0.4 is 10.1 Å². The summed E-state index contributed by atoms with van der Waals surface area (Å²) in [5.74, 6) is 0.0590. The highest BCUT2D eigenvalue weighted by molar-refractivity contribution is 9.10. The molecule has 0 saturated carbocycles. The first-order valence-corrected chi connectivity index (χ1v) is 7.55. The van der Waals surface area contributed by atoms with Crippen LogP contribution in [0, 0.1) is 18.3 Å². The third-order valence-corrected chi connectivity index (χ3v) is 3.77. The lowest BCUT2D eigenvalue weighted by Crippen LogP contribution is -2.20. The van der Waals surface area contributed by atoms with E-state index >= 15 is 0 Å². The summed E-state index contributed by atoms with van der Waals surface area (Å²) in [6.07, 6.45) is 0. The minimum absolute atomic E-state index is 0.175. The van der Waals surface area contributed by atoms with Gasteiger partial charge in [0.05, 0.1) is 22.3 Å². The van der Waals surface area contributed by atoms with Gasteiger partial charge in [-0.25, -0.2) is 0 Å². The number of carbonyl (C=O) groups is 1. The number of rotatable bonds is 4. The number of nitrogens with zero attached hydrogens (tertiary/aromatic N) is 1. The van der Waals surface area contributed by atoms with Gasteiger partial charge in [0, 0.05) is 4.47 Å². The van der Waals surface area contributed by atoms with Crippen LogP contribution in [0.4, 0.5) is 5.69 Å². The highest BCUT2D eigenvalue weighted by atomic mass is 79.9. The molecule has 0 bridgehead atoms. The van der Waals surface area contributed by atoms with Gasteiger partial charge in [-0.15, -0.1) is 0 Å². The van der Waals surface area contributed by atoms with Crippen molar-refractivity contribution in [2.24, 2.45) is 0 Å². The molecular formula is C16H12BrClN2O2. The molecule has 2 rings (SSSR count). The van der Waals surface area contributed by atoms with E-state index in [9.17, 15) is 4.79 Å². The normalized spacial score (nSPS) is 9.91. The second-order valence-corrected chi connectivity index (χ2v) is 5.84. The number of aryl methyl sites for hydroxylation is 1. The Hall–Kier alpha value is -2.03. The molecule has 0 spiro atoms. The highest BCUT2D eigenvalue weighted by Gasteiger charge is 2.09. The lowest BCUT2D eigenvalue weighted by Gasteiger charge is -2.10. The number of benzene rings is 2. The number of nitriles is 1. The summed E-state index contributed by atoms with van der Waals surface area (Å²) in [4.78, 5) is 11.9. The number of hydrogen-bond acceptors (Lipinski definition) is 3. The smallest absolute Gasteiger partial charge is 0.262 e. The van der Waals surface area contributed by atoms with Gasteiger partial charge in [0.15, 0.2) is 6.61 Å². The fraction of sp³-hybridized carbons (Fsp3) is 0.125. The molecular weight excluding hydrogens is 368 g/mol. The first-order chi connectivity index (χ1) is 10.5. The van der Waals surface area contributed by atoms with Crippen molar-refractivity contribution in [3.05, 3.63) is 57.0 Å². The summed E-state index contributed by atoms with van der Waals surface area (Å²) >= 11 is 9.37. The predicted octanol–water partition coefficient (Wildman–Crippen LogP) is 4.30. The maximum atomic E-state index is 11.9. The van der Waals surface area contributed by atoms with Crippen LogP contribution in [0.25, 0.3) is 0 Å². The summed E-state index contributed by atoms with van der Waals surface area (Å²) in [5, 5.41) is 11.8. The zero-order valence-electron chi connectivity index (χ0n) is 11.7. The standard InChI is InChI=1S/C16H12BrClN2O2/c1-10-2-4-14(12(17)6-10)20-16(21)9-22-15-5-3-11(8-19)7-13(15)18/h2-7H,9H2,1H3,(H,20,21). The number of nitrogens with one attached hydrogen (secondary N) is 1. The van der Waals surface area contributed by atoms with Gasteiger partial charge in [0.1, 0.15) is 5.75 Å². The van der Waals surface area contributed by atoms with E-state index in [0.29, 0.717) is 22.0 Å². The number of amides is 1. The molecule has 0 fully saturated rings. The monoisotopic (exact) mass is 378 g/mol. The topological polar surface area (TPSA) is 62.1 Å². The molecule has 0 aliphatic heterocycles. The minimum atomic E-state index is -0.301. The van der Waals surface area contributed by atoms with Crippen LogP contribution in [-0.4, -0.2) is 12.5 Å². The Morgan fingerprint density at radius 1 is 1.36 bits per heavy atom. The third kappa shape index (κ3) is 4.23. The first kappa shape index (κ1) is 16.3. The SMILES string of the molecule is Cc1ccc(NC(=O)COc2ccc(C#N)cc2Cl)c(Br)c1. The van der Waals surface area contributed by atoms with Gasteiger partial charge in [-0.1, -0.05) is 17.7 Å². The van der Waals surface area contributed by atoms with E-state index in [2.05, 4.69) is 21.2 Å². The Balaban J connectivity index is 1.97. The molecule has 0 atom stereocenters. The van der Waals surface area contributed by atoms with Crippen LogP contribution in [0.1, 0.15) is 11.1 Å². The van der Waals surface area contributed by atoms with E-state index in [0.717, 1.165) is 10.0 Å². The van der Waals surface area contributed by atoms with Crippen LogP contribution in [0.2, 0.25) is 5.02 Å². The lowest BCUT2D eigenvalue weighted by molar-refractivity contribution is -0.118. The zero-order valence-corrected chi connectivity index (χ0v) is 14.0. The van der Waals surface area contributed by atoms with Crippen LogP contribution in [-0.2, 0) is 4.79 Å². The van der Waals surface area contributed by atoms with Crippen molar-refractivity contribution in [3.8, 4) is 11.8 Å². The van der Waals surface area contributed by atoms with Gasteiger partial charge in [0.2, 0.25) is 0 Å². The number of carbonyl (C=O) groups excluding carboxylic acids is 1. The zero-order chi connectivity index (χ0) is 16.1. The van der Waals surface area contributed by atoms with E-state index in [1.165, 1.54) is 6.07 Å². The van der Waals surface area contributed by atoms with E-state index < -0.39 is 0 Å². The Labute approximate surface area is 141 Å². The molecule has 2 aromatic carbocycles. The molecule has 0 radical (unpaired) electrons. The lowest BCUT2D eigenvalue weighted by atomic mass is 10.2. The average molecular weight is 380 g/mol. The van der Waals surface area contributed by atoms with E-state index in [1.54, 1.807) is 12.1 Å². The molecule has 0 aromatic heterocycles. The van der Waals surface area contributed by atoms with Crippen LogP contribution in [0.3, 0.4) is 0 Å². The fourth-order valence-electron chi connectivity index (χ4n) is 1.74. The van der Waals surface area contributed by atoms with Gasteiger partial charge in [-0.05, 0) is 58.7 Å². The van der Waals surface area contributed by atoms with Crippen molar-refractivity contribution in [3.63, 3.8) is 0 Å². The Morgan fingerprint density at radius 2 is 2.14 bits per heavy atom. The minimum Gasteiger partial charge on any atom is -0.482 e. The third-order valence-electron chi connectivity index (χ3n) is 2.82. The maximum absolute atomic E-state index is 11.9. The van der Waals surface area contributed by atoms with Gasteiger partial charge in [-0.3, -0.25) is 4.79 Å². The van der Waals surface area contributed by atoms with Crippen molar-refractivity contribution in [2.75, 3.05) is 11.9 Å². The molecule has 1 N–H and O–H groups in total. The predicted molar refractivity (Wildman–Crippen MR) is 89.2 cm³/mol. The summed E-state index contributed by atoms with van der Waals surface area (Å²) in [5.41, 5.74) is 2.20. The molecule has 22 heavy (non-hydrogen) atoms. The summed E-state index contributed by atoms with van der Waals surface area (Å²) in [6, 6.07) is 12.2. The summed E-state index contributed by atoms with van der Waals surface area (Å²) < 4.78 is 6.17. The Morgan fingerprint density at radius 3 is 2.77 bits per heavy atom. The van der Waals surface area contributed by atoms with Gasteiger partial charge in [0.25, 0.3) is 5.91 Å². The van der Waals surface area contributed by atoms with Crippen LogP contribution >= 0.6 is 27.5 Å². The van der Waals surface area contributed by atoms with E-state index in [1.807, 2.05) is 31.2 Å². The van der Waals surface area contributed by atoms with Gasteiger partial charge < -0.3 is 10.1 Å². The molecule has 6 heteroatoms. The molecule has 4 nitrogen and oxygen atoms in total. The van der Waals surface area contributed by atoms with Crippen molar-refractivity contribution >= 4 is 39.1 Å². The quantitative estimate of drug-likeness (QED) is 0.861. The van der Waals surface area contributed by atoms with Crippen molar-refractivity contribution in [2.45, 2.75) is 6.92 Å². The molecule has 0 aliphatic rings.